The van der Waals surface area contributed by atoms with E-state index in [0.717, 1.165) is 16.7 Å². The molecule has 0 radical (unpaired) electrons. The molecule has 0 saturated heterocycles. The maximum atomic E-state index is 12.0. The lowest BCUT2D eigenvalue weighted by Crippen LogP contribution is -1.99. The number of carbonyl (C=O) groups excluding carboxylic acids is 1. The molecule has 0 bridgehead atoms. The standard InChI is InChI=1S/C17H12O2S/c1-10-6-7-12-13(8-10)16(19-17(12)18)14-9-20-15-5-3-2-4-11(14)15/h2-9,16H,1H3. The molecule has 0 fully saturated rings. The zero-order valence-corrected chi connectivity index (χ0v) is 11.7. The van der Waals surface area contributed by atoms with E-state index in [1.165, 1.54) is 10.1 Å². The molecular weight excluding hydrogens is 268 g/mol. The number of esters is 1. The molecular formula is C17H12O2S. The molecule has 1 atom stereocenters. The zero-order chi connectivity index (χ0) is 13.7. The van der Waals surface area contributed by atoms with Gasteiger partial charge in [0, 0.05) is 15.8 Å². The fourth-order valence-electron chi connectivity index (χ4n) is 2.75. The molecule has 98 valence electrons. The SMILES string of the molecule is Cc1ccc2c(c1)C(c1csc3ccccc13)OC2=O. The molecule has 20 heavy (non-hydrogen) atoms. The van der Waals surface area contributed by atoms with Gasteiger partial charge in [0.1, 0.15) is 0 Å². The second-order valence-corrected chi connectivity index (χ2v) is 5.97. The van der Waals surface area contributed by atoms with Gasteiger partial charge in [-0.05, 0) is 29.8 Å². The van der Waals surface area contributed by atoms with Gasteiger partial charge in [-0.15, -0.1) is 11.3 Å². The van der Waals surface area contributed by atoms with Crippen molar-refractivity contribution in [1.29, 1.82) is 0 Å². The summed E-state index contributed by atoms with van der Waals surface area (Å²) in [5.41, 5.74) is 3.91. The fraction of sp³-hybridized carbons (Fsp3) is 0.118. The first-order valence-electron chi connectivity index (χ1n) is 6.52. The van der Waals surface area contributed by atoms with E-state index in [1.807, 2.05) is 31.2 Å². The summed E-state index contributed by atoms with van der Waals surface area (Å²) in [6.45, 7) is 2.03. The smallest absolute Gasteiger partial charge is 0.339 e. The summed E-state index contributed by atoms with van der Waals surface area (Å²) in [5, 5.41) is 3.27. The van der Waals surface area contributed by atoms with Crippen molar-refractivity contribution in [3.63, 3.8) is 0 Å². The van der Waals surface area contributed by atoms with Crippen molar-refractivity contribution in [3.05, 3.63) is 70.1 Å². The van der Waals surface area contributed by atoms with Gasteiger partial charge in [0.2, 0.25) is 0 Å². The minimum Gasteiger partial charge on any atom is -0.449 e. The molecule has 2 aromatic carbocycles. The number of aryl methyl sites for hydroxylation is 1. The van der Waals surface area contributed by atoms with Crippen LogP contribution in [0, 0.1) is 6.92 Å². The first-order valence-corrected chi connectivity index (χ1v) is 7.39. The quantitative estimate of drug-likeness (QED) is 0.615. The van der Waals surface area contributed by atoms with Crippen molar-refractivity contribution in [3.8, 4) is 0 Å². The van der Waals surface area contributed by atoms with Gasteiger partial charge < -0.3 is 4.74 Å². The number of thiophene rings is 1. The van der Waals surface area contributed by atoms with Gasteiger partial charge in [-0.3, -0.25) is 0 Å². The summed E-state index contributed by atoms with van der Waals surface area (Å²) >= 11 is 1.69. The molecule has 0 aliphatic carbocycles. The third-order valence-corrected chi connectivity index (χ3v) is 4.71. The number of rotatable bonds is 1. The molecule has 3 aromatic rings. The Morgan fingerprint density at radius 2 is 1.95 bits per heavy atom. The lowest BCUT2D eigenvalue weighted by atomic mass is 9.97. The normalized spacial score (nSPS) is 17.2. The van der Waals surface area contributed by atoms with Gasteiger partial charge in [-0.25, -0.2) is 4.79 Å². The third kappa shape index (κ3) is 1.60. The van der Waals surface area contributed by atoms with E-state index in [2.05, 4.69) is 23.6 Å². The van der Waals surface area contributed by atoms with E-state index in [4.69, 9.17) is 4.74 Å². The second-order valence-electron chi connectivity index (χ2n) is 5.06. The van der Waals surface area contributed by atoms with Crippen LogP contribution in [0.4, 0.5) is 0 Å². The number of fused-ring (bicyclic) bond motifs is 2. The first kappa shape index (κ1) is 11.7. The number of ether oxygens (including phenoxy) is 1. The molecule has 2 nitrogen and oxygen atoms in total. The van der Waals surface area contributed by atoms with Gasteiger partial charge in [-0.1, -0.05) is 35.9 Å². The highest BCUT2D eigenvalue weighted by atomic mass is 32.1. The van der Waals surface area contributed by atoms with E-state index < -0.39 is 0 Å². The maximum Gasteiger partial charge on any atom is 0.339 e. The van der Waals surface area contributed by atoms with Gasteiger partial charge in [0.25, 0.3) is 0 Å². The predicted molar refractivity (Wildman–Crippen MR) is 80.3 cm³/mol. The number of benzene rings is 2. The fourth-order valence-corrected chi connectivity index (χ4v) is 3.73. The Balaban J connectivity index is 1.93. The molecule has 4 rings (SSSR count). The minimum atomic E-state index is -0.270. The van der Waals surface area contributed by atoms with Crippen molar-refractivity contribution in [2.75, 3.05) is 0 Å². The Bertz CT molecular complexity index is 832. The predicted octanol–water partition coefficient (Wildman–Crippen LogP) is 4.47. The molecule has 3 heteroatoms. The van der Waals surface area contributed by atoms with Crippen molar-refractivity contribution in [1.82, 2.24) is 0 Å². The number of hydrogen-bond donors (Lipinski definition) is 0. The van der Waals surface area contributed by atoms with Crippen LogP contribution in [-0.2, 0) is 4.74 Å². The van der Waals surface area contributed by atoms with Crippen LogP contribution in [0.15, 0.2) is 47.8 Å². The lowest BCUT2D eigenvalue weighted by Gasteiger charge is -2.10. The number of cyclic esters (lactones) is 1. The van der Waals surface area contributed by atoms with E-state index in [-0.39, 0.29) is 12.1 Å². The summed E-state index contributed by atoms with van der Waals surface area (Å²) in [6, 6.07) is 14.1. The van der Waals surface area contributed by atoms with Crippen LogP contribution in [0.1, 0.15) is 33.2 Å². The molecule has 1 unspecified atom stereocenters. The third-order valence-electron chi connectivity index (χ3n) is 3.73. The van der Waals surface area contributed by atoms with Gasteiger partial charge in [0.05, 0.1) is 5.56 Å². The molecule has 0 spiro atoms. The second kappa shape index (κ2) is 4.18. The molecule has 0 saturated carbocycles. The highest BCUT2D eigenvalue weighted by Gasteiger charge is 2.33. The van der Waals surface area contributed by atoms with Crippen molar-refractivity contribution < 1.29 is 9.53 Å². The van der Waals surface area contributed by atoms with Crippen LogP contribution in [-0.4, -0.2) is 5.97 Å². The van der Waals surface area contributed by atoms with Gasteiger partial charge >= 0.3 is 5.97 Å². The van der Waals surface area contributed by atoms with E-state index in [9.17, 15) is 4.79 Å². The topological polar surface area (TPSA) is 26.3 Å². The molecule has 1 aliphatic heterocycles. The van der Waals surface area contributed by atoms with Crippen LogP contribution in [0.3, 0.4) is 0 Å². The molecule has 2 heterocycles. The molecule has 0 N–H and O–H groups in total. The van der Waals surface area contributed by atoms with Crippen molar-refractivity contribution in [2.24, 2.45) is 0 Å². The first-order chi connectivity index (χ1) is 9.74. The van der Waals surface area contributed by atoms with Crippen LogP contribution in [0.2, 0.25) is 0 Å². The Hall–Kier alpha value is -2.13. The minimum absolute atomic E-state index is 0.222. The molecule has 0 amide bonds. The average molecular weight is 280 g/mol. The van der Waals surface area contributed by atoms with E-state index in [1.54, 1.807) is 11.3 Å². The Labute approximate surface area is 120 Å². The largest absolute Gasteiger partial charge is 0.449 e. The van der Waals surface area contributed by atoms with Crippen molar-refractivity contribution in [2.45, 2.75) is 13.0 Å². The molecule has 1 aliphatic rings. The van der Waals surface area contributed by atoms with Crippen LogP contribution < -0.4 is 0 Å². The summed E-state index contributed by atoms with van der Waals surface area (Å²) < 4.78 is 6.83. The van der Waals surface area contributed by atoms with Crippen molar-refractivity contribution >= 4 is 27.4 Å². The summed E-state index contributed by atoms with van der Waals surface area (Å²) in [6.07, 6.45) is -0.270. The number of hydrogen-bond acceptors (Lipinski definition) is 3. The Morgan fingerprint density at radius 1 is 1.10 bits per heavy atom. The molecule has 1 aromatic heterocycles. The highest BCUT2D eigenvalue weighted by Crippen LogP contribution is 2.41. The van der Waals surface area contributed by atoms with E-state index >= 15 is 0 Å². The van der Waals surface area contributed by atoms with Crippen LogP contribution in [0.5, 0.6) is 0 Å². The Kier molecular flexibility index (Phi) is 2.44. The average Bonchev–Trinajstić information content (AvgIpc) is 3.00. The van der Waals surface area contributed by atoms with Crippen LogP contribution >= 0.6 is 11.3 Å². The lowest BCUT2D eigenvalue weighted by molar-refractivity contribution is 0.0458. The maximum absolute atomic E-state index is 12.0. The summed E-state index contributed by atoms with van der Waals surface area (Å²) in [4.78, 5) is 12.0. The van der Waals surface area contributed by atoms with Gasteiger partial charge in [0.15, 0.2) is 6.10 Å². The van der Waals surface area contributed by atoms with Crippen LogP contribution in [0.25, 0.3) is 10.1 Å². The number of carbonyl (C=O) groups is 1. The highest BCUT2D eigenvalue weighted by molar-refractivity contribution is 7.17. The Morgan fingerprint density at radius 3 is 2.85 bits per heavy atom. The zero-order valence-electron chi connectivity index (χ0n) is 10.9. The van der Waals surface area contributed by atoms with Gasteiger partial charge in [-0.2, -0.15) is 0 Å². The summed E-state index contributed by atoms with van der Waals surface area (Å²) in [5.74, 6) is -0.222. The monoisotopic (exact) mass is 280 g/mol. The van der Waals surface area contributed by atoms with E-state index in [0.29, 0.717) is 5.56 Å². The summed E-state index contributed by atoms with van der Waals surface area (Å²) in [7, 11) is 0.